The summed E-state index contributed by atoms with van der Waals surface area (Å²) in [6, 6.07) is 2.05. The van der Waals surface area contributed by atoms with Gasteiger partial charge in [-0.3, -0.25) is 0 Å². The Labute approximate surface area is 103 Å². The molecule has 0 aliphatic rings. The van der Waals surface area contributed by atoms with Crippen LogP contribution in [-0.4, -0.2) is 42.9 Å². The van der Waals surface area contributed by atoms with Gasteiger partial charge in [0.25, 0.3) is 0 Å². The molecule has 1 N–H and O–H groups in total. The highest BCUT2D eigenvalue weighted by Gasteiger charge is 2.14. The molecular formula is C10H13N3O3S. The number of rotatable bonds is 7. The Morgan fingerprint density at radius 1 is 1.71 bits per heavy atom. The van der Waals surface area contributed by atoms with Gasteiger partial charge in [0.2, 0.25) is 0 Å². The van der Waals surface area contributed by atoms with Crippen LogP contribution in [-0.2, 0) is 4.74 Å². The van der Waals surface area contributed by atoms with Gasteiger partial charge in [-0.05, 0) is 0 Å². The lowest BCUT2D eigenvalue weighted by Gasteiger charge is -2.19. The third-order valence-corrected chi connectivity index (χ3v) is 2.94. The number of thiazole rings is 1. The highest BCUT2D eigenvalue weighted by molar-refractivity contribution is 7.13. The summed E-state index contributed by atoms with van der Waals surface area (Å²) in [6.45, 7) is 1.62. The van der Waals surface area contributed by atoms with E-state index in [2.05, 4.69) is 11.1 Å². The van der Waals surface area contributed by atoms with Gasteiger partial charge in [0.05, 0.1) is 19.1 Å². The van der Waals surface area contributed by atoms with Gasteiger partial charge in [0, 0.05) is 25.6 Å². The maximum Gasteiger partial charge on any atom is 0.355 e. The Hall–Kier alpha value is -1.65. The molecule has 0 bridgehead atoms. The molecule has 1 aromatic heterocycles. The number of methoxy groups -OCH3 is 1. The fraction of sp³-hybridized carbons (Fsp3) is 0.500. The topological polar surface area (TPSA) is 86.5 Å². The van der Waals surface area contributed by atoms with Crippen LogP contribution in [0.25, 0.3) is 0 Å². The Kier molecular flexibility index (Phi) is 5.39. The number of hydrogen-bond donors (Lipinski definition) is 1. The predicted octanol–water partition coefficient (Wildman–Crippen LogP) is 1.21. The Balaban J connectivity index is 2.73. The van der Waals surface area contributed by atoms with E-state index >= 15 is 0 Å². The zero-order valence-corrected chi connectivity index (χ0v) is 10.2. The van der Waals surface area contributed by atoms with Crippen molar-refractivity contribution in [1.82, 2.24) is 4.98 Å². The van der Waals surface area contributed by atoms with Crippen molar-refractivity contribution in [1.29, 1.82) is 5.26 Å². The second-order valence-electron chi connectivity index (χ2n) is 3.21. The van der Waals surface area contributed by atoms with Crippen LogP contribution in [0.3, 0.4) is 0 Å². The van der Waals surface area contributed by atoms with E-state index in [-0.39, 0.29) is 5.69 Å². The average molecular weight is 255 g/mol. The number of anilines is 1. The molecule has 0 saturated carbocycles. The zero-order chi connectivity index (χ0) is 12.7. The summed E-state index contributed by atoms with van der Waals surface area (Å²) in [5, 5.41) is 19.4. The fourth-order valence-corrected chi connectivity index (χ4v) is 2.05. The van der Waals surface area contributed by atoms with E-state index in [1.54, 1.807) is 7.11 Å². The van der Waals surface area contributed by atoms with Crippen molar-refractivity contribution in [3.8, 4) is 6.07 Å². The summed E-state index contributed by atoms with van der Waals surface area (Å²) in [5.41, 5.74) is 0.0318. The molecule has 92 valence electrons. The molecule has 7 heteroatoms. The van der Waals surface area contributed by atoms with Crippen molar-refractivity contribution >= 4 is 22.4 Å². The quantitative estimate of drug-likeness (QED) is 0.788. The normalized spacial score (nSPS) is 9.88. The molecule has 0 amide bonds. The van der Waals surface area contributed by atoms with E-state index in [1.807, 2.05) is 4.90 Å². The molecule has 1 rings (SSSR count). The van der Waals surface area contributed by atoms with Gasteiger partial charge in [0.15, 0.2) is 10.8 Å². The molecule has 1 heterocycles. The van der Waals surface area contributed by atoms with E-state index in [0.29, 0.717) is 31.2 Å². The number of aromatic carboxylic acids is 1. The number of carbonyl (C=O) groups is 1. The van der Waals surface area contributed by atoms with Gasteiger partial charge in [0.1, 0.15) is 0 Å². The minimum Gasteiger partial charge on any atom is -0.476 e. The molecule has 0 aliphatic carbocycles. The second-order valence-corrected chi connectivity index (χ2v) is 4.04. The van der Waals surface area contributed by atoms with Crippen LogP contribution < -0.4 is 4.90 Å². The van der Waals surface area contributed by atoms with Gasteiger partial charge in [-0.15, -0.1) is 11.3 Å². The number of aromatic nitrogens is 1. The molecule has 0 aromatic carbocycles. The third kappa shape index (κ3) is 4.01. The molecule has 0 radical (unpaired) electrons. The monoisotopic (exact) mass is 255 g/mol. The number of nitriles is 1. The number of nitrogens with zero attached hydrogens (tertiary/aromatic N) is 3. The number of carboxylic acid groups (broad SMARTS) is 1. The molecule has 1 aromatic rings. The van der Waals surface area contributed by atoms with E-state index in [4.69, 9.17) is 15.1 Å². The maximum atomic E-state index is 10.7. The van der Waals surface area contributed by atoms with Crippen LogP contribution in [0.1, 0.15) is 16.9 Å². The van der Waals surface area contributed by atoms with Crippen molar-refractivity contribution in [2.75, 3.05) is 31.7 Å². The fourth-order valence-electron chi connectivity index (χ4n) is 1.20. The van der Waals surface area contributed by atoms with E-state index in [1.165, 1.54) is 16.7 Å². The summed E-state index contributed by atoms with van der Waals surface area (Å²) >= 11 is 1.26. The molecule has 0 unspecified atom stereocenters. The Bertz CT molecular complexity index is 413. The predicted molar refractivity (Wildman–Crippen MR) is 63.4 cm³/mol. The van der Waals surface area contributed by atoms with E-state index < -0.39 is 5.97 Å². The molecule has 0 aliphatic heterocycles. The van der Waals surface area contributed by atoms with Crippen molar-refractivity contribution in [2.24, 2.45) is 0 Å². The summed E-state index contributed by atoms with van der Waals surface area (Å²) in [5.74, 6) is -1.04. The molecule has 17 heavy (non-hydrogen) atoms. The van der Waals surface area contributed by atoms with Crippen molar-refractivity contribution in [3.63, 3.8) is 0 Å². The minimum atomic E-state index is -1.04. The lowest BCUT2D eigenvalue weighted by atomic mass is 10.4. The van der Waals surface area contributed by atoms with Gasteiger partial charge in [-0.25, -0.2) is 9.78 Å². The first-order valence-corrected chi connectivity index (χ1v) is 5.86. The van der Waals surface area contributed by atoms with Crippen LogP contribution in [0.15, 0.2) is 5.38 Å². The average Bonchev–Trinajstić information content (AvgIpc) is 2.79. The standard InChI is InChI=1S/C10H13N3O3S/c1-16-6-5-13(4-2-3-11)10-12-8(7-17-10)9(14)15/h7H,2,4-6H2,1H3,(H,14,15). The van der Waals surface area contributed by atoms with Crippen molar-refractivity contribution in [2.45, 2.75) is 6.42 Å². The summed E-state index contributed by atoms with van der Waals surface area (Å²) in [6.07, 6.45) is 0.367. The highest BCUT2D eigenvalue weighted by Crippen LogP contribution is 2.20. The summed E-state index contributed by atoms with van der Waals surface area (Å²) < 4.78 is 4.96. The van der Waals surface area contributed by atoms with Gasteiger partial charge in [-0.2, -0.15) is 5.26 Å². The van der Waals surface area contributed by atoms with Crippen LogP contribution in [0, 0.1) is 11.3 Å². The number of ether oxygens (including phenoxy) is 1. The smallest absolute Gasteiger partial charge is 0.355 e. The molecule has 0 spiro atoms. The molecule has 6 nitrogen and oxygen atoms in total. The first-order valence-electron chi connectivity index (χ1n) is 4.98. The largest absolute Gasteiger partial charge is 0.476 e. The molecular weight excluding hydrogens is 242 g/mol. The number of carboxylic acids is 1. The SMILES string of the molecule is COCCN(CCC#N)c1nc(C(=O)O)cs1. The summed E-state index contributed by atoms with van der Waals surface area (Å²) in [7, 11) is 1.59. The molecule has 0 saturated heterocycles. The van der Waals surface area contributed by atoms with Crippen LogP contribution >= 0.6 is 11.3 Å². The van der Waals surface area contributed by atoms with E-state index in [9.17, 15) is 4.79 Å². The third-order valence-electron chi connectivity index (χ3n) is 2.04. The molecule has 0 fully saturated rings. The van der Waals surface area contributed by atoms with Crippen LogP contribution in [0.4, 0.5) is 5.13 Å². The van der Waals surface area contributed by atoms with Gasteiger partial charge >= 0.3 is 5.97 Å². The minimum absolute atomic E-state index is 0.0318. The summed E-state index contributed by atoms with van der Waals surface area (Å²) in [4.78, 5) is 16.6. The van der Waals surface area contributed by atoms with Crippen LogP contribution in [0.5, 0.6) is 0 Å². The Morgan fingerprint density at radius 2 is 2.47 bits per heavy atom. The second kappa shape index (κ2) is 6.83. The van der Waals surface area contributed by atoms with Crippen molar-refractivity contribution < 1.29 is 14.6 Å². The number of hydrogen-bond acceptors (Lipinski definition) is 6. The highest BCUT2D eigenvalue weighted by atomic mass is 32.1. The van der Waals surface area contributed by atoms with Gasteiger partial charge in [-0.1, -0.05) is 0 Å². The maximum absolute atomic E-state index is 10.7. The first kappa shape index (κ1) is 13.4. The van der Waals surface area contributed by atoms with Crippen molar-refractivity contribution in [3.05, 3.63) is 11.1 Å². The lowest BCUT2D eigenvalue weighted by Crippen LogP contribution is -2.28. The van der Waals surface area contributed by atoms with Crippen LogP contribution in [0.2, 0.25) is 0 Å². The van der Waals surface area contributed by atoms with E-state index in [0.717, 1.165) is 0 Å². The lowest BCUT2D eigenvalue weighted by molar-refractivity contribution is 0.0691. The Morgan fingerprint density at radius 3 is 3.00 bits per heavy atom. The molecule has 0 atom stereocenters. The zero-order valence-electron chi connectivity index (χ0n) is 9.42. The first-order chi connectivity index (χ1) is 8.19. The van der Waals surface area contributed by atoms with Gasteiger partial charge < -0.3 is 14.7 Å².